The van der Waals surface area contributed by atoms with E-state index in [4.69, 9.17) is 14.5 Å². The normalized spacial score (nSPS) is 19.2. The molecule has 3 aromatic rings. The number of hydrogen-bond acceptors (Lipinski definition) is 20. The Hall–Kier alpha value is -7.08. The van der Waals surface area contributed by atoms with E-state index in [1.54, 1.807) is 49.9 Å². The zero-order chi connectivity index (χ0) is 61.4. The molecule has 4 fully saturated rings. The second-order valence-corrected chi connectivity index (χ2v) is 28.0. The van der Waals surface area contributed by atoms with E-state index in [9.17, 15) is 58.6 Å². The summed E-state index contributed by atoms with van der Waals surface area (Å²) in [4.78, 5) is 143. The van der Waals surface area contributed by atoms with Crippen molar-refractivity contribution in [2.45, 2.75) is 102 Å². The molecule has 5 heterocycles. The van der Waals surface area contributed by atoms with E-state index in [1.807, 2.05) is 41.5 Å². The summed E-state index contributed by atoms with van der Waals surface area (Å²) in [6.07, 6.45) is 2.05. The van der Waals surface area contributed by atoms with Crippen LogP contribution in [0, 0.1) is 11.3 Å². The monoisotopic (exact) mass is 1260 g/mol. The molecule has 26 nitrogen and oxygen atoms in total. The van der Waals surface area contributed by atoms with Crippen LogP contribution in [0.3, 0.4) is 0 Å². The average molecular weight is 1260 g/mol. The first kappa shape index (κ1) is 68.7. The number of carbonyl (C=O) groups is 9. The van der Waals surface area contributed by atoms with Crippen LogP contribution in [-0.4, -0.2) is 244 Å². The van der Waals surface area contributed by atoms with Crippen molar-refractivity contribution in [3.05, 3.63) is 60.0 Å². The van der Waals surface area contributed by atoms with Crippen LogP contribution in [-0.2, 0) is 43.3 Å². The standard InChI is InChI=1S/C56H77FN12O14Si.Ga/c1-55(2,3)84(57,56(4,5)6)40-13-10-37(11-14-40)51(76)60-31-43(52(77)59-18-8-28-81-39-12-15-42-41(29-39)50(63-36-62-42)53(78)61-32-46(71)69-19-7-9-38(69)30-58)64-45(70)17-16-44(54(79)80)68-26-24-66-22-20-65(33-47(72)73)21-23-67(25-27-68)35-49(75)83-82-48(74)34-66;/h10-15,29,36,38,43-44H,7-9,16-28,31-35H2,1-6H3,(H,59,77)(H,60,76)(H,61,78)(H,64,70)(H,72,73)(H,79,80);/p-1/t38-,43+,44+;/m0./s1. The van der Waals surface area contributed by atoms with Gasteiger partial charge in [0, 0.05) is 116 Å². The molecule has 7 rings (SSSR count). The number of hydrogen-bond donors (Lipinski definition) is 5. The number of carboxylic acids is 2. The van der Waals surface area contributed by atoms with E-state index in [-0.39, 0.29) is 135 Å². The molecule has 4 saturated heterocycles. The fraction of sp³-hybridized carbons (Fsp3) is 0.571. The van der Waals surface area contributed by atoms with Gasteiger partial charge in [-0.2, -0.15) is 5.26 Å². The molecule has 0 spiro atoms. The first-order valence-electron chi connectivity index (χ1n) is 28.0. The van der Waals surface area contributed by atoms with Crippen LogP contribution in [0.2, 0.25) is 10.1 Å². The van der Waals surface area contributed by atoms with Crippen LogP contribution in [0.25, 0.3) is 10.9 Å². The van der Waals surface area contributed by atoms with E-state index in [2.05, 4.69) is 37.3 Å². The quantitative estimate of drug-likeness (QED) is 0.0379. The van der Waals surface area contributed by atoms with Gasteiger partial charge in [0.15, 0.2) is 0 Å². The van der Waals surface area contributed by atoms with Gasteiger partial charge in [-0.25, -0.2) is 29.3 Å². The van der Waals surface area contributed by atoms with Gasteiger partial charge >= 0.3 is 17.9 Å². The number of ether oxygens (including phenoxy) is 1. The van der Waals surface area contributed by atoms with Gasteiger partial charge in [-0.15, -0.1) is 0 Å². The third-order valence-electron chi connectivity index (χ3n) is 15.1. The summed E-state index contributed by atoms with van der Waals surface area (Å²) < 4.78 is 23.1. The first-order valence-corrected chi connectivity index (χ1v) is 29.9. The third kappa shape index (κ3) is 19.2. The number of benzene rings is 2. The van der Waals surface area contributed by atoms with Gasteiger partial charge in [-0.1, -0.05) is 53.7 Å². The van der Waals surface area contributed by atoms with E-state index in [1.165, 1.54) is 23.4 Å². The summed E-state index contributed by atoms with van der Waals surface area (Å²) >= 11 is 0. The molecule has 5 atom stereocenters. The second kappa shape index (κ2) is 31.4. The maximum atomic E-state index is 17.1. The number of fused-ring (bicyclic) bond motifs is 14. The summed E-state index contributed by atoms with van der Waals surface area (Å²) in [5.41, 5.74) is 0.595. The number of aromatic nitrogens is 2. The number of likely N-dealkylation sites (tertiary alicyclic amines) is 1. The summed E-state index contributed by atoms with van der Waals surface area (Å²) in [7, 11) is -3.67. The minimum atomic E-state index is -3.67. The fourth-order valence-electron chi connectivity index (χ4n) is 10.8. The molecule has 5 amide bonds. The SMILES string of the molecule is CC(C)(C)[Si](F)(c1ccc(C(=O)NC[C@@H](NC(=O)CC[C@H](C(=O)O)N2CCN3CCN(CC(=O)[O-])CCN(CC2)CC(=O)OOC(=O)C3)C(=O)NCCCOc2ccc3ncnc(C(=O)NCC(=O)N4CCC[C@H]4C#N)c3c2)cc1)C(C)(C)C.[Ga]. The van der Waals surface area contributed by atoms with Gasteiger partial charge in [-0.05, 0) is 71.3 Å². The Morgan fingerprint density at radius 2 is 1.47 bits per heavy atom. The molecular formula is C56H76FGaN12O14Si-. The van der Waals surface area contributed by atoms with E-state index >= 15 is 4.11 Å². The van der Waals surface area contributed by atoms with E-state index in [0.29, 0.717) is 41.2 Å². The summed E-state index contributed by atoms with van der Waals surface area (Å²) in [5.74, 6) is -7.12. The predicted octanol–water partition coefficient (Wildman–Crippen LogP) is -0.765. The minimum Gasteiger partial charge on any atom is -0.549 e. The van der Waals surface area contributed by atoms with Gasteiger partial charge in [0.05, 0.1) is 30.7 Å². The van der Waals surface area contributed by atoms with Crippen molar-refractivity contribution in [2.75, 3.05) is 105 Å². The van der Waals surface area contributed by atoms with Crippen molar-refractivity contribution in [1.29, 1.82) is 5.26 Å². The van der Waals surface area contributed by atoms with Crippen molar-refractivity contribution in [1.82, 2.24) is 55.7 Å². The Morgan fingerprint density at radius 3 is 2.06 bits per heavy atom. The molecule has 4 aliphatic heterocycles. The Balaban J connectivity index is 0.0000132. The van der Waals surface area contributed by atoms with Crippen LogP contribution in [0.1, 0.15) is 94.5 Å². The van der Waals surface area contributed by atoms with Crippen LogP contribution < -0.4 is 36.3 Å². The van der Waals surface area contributed by atoms with Crippen molar-refractivity contribution in [3.8, 4) is 11.8 Å². The largest absolute Gasteiger partial charge is 0.549 e. The average Bonchev–Trinajstić information content (AvgIpc) is 1.56. The number of carboxylic acid groups (broad SMARTS) is 2. The number of nitrogens with zero attached hydrogens (tertiary/aromatic N) is 8. The molecule has 2 unspecified atom stereocenters. The molecule has 3 radical (unpaired) electrons. The molecule has 85 heavy (non-hydrogen) atoms. The Labute approximate surface area is 507 Å². The van der Waals surface area contributed by atoms with Gasteiger partial charge in [0.25, 0.3) is 20.2 Å². The molecule has 459 valence electrons. The van der Waals surface area contributed by atoms with Gasteiger partial charge in [0.1, 0.15) is 49.0 Å². The molecule has 2 bridgehead atoms. The zero-order valence-electron chi connectivity index (χ0n) is 49.0. The Kier molecular flexibility index (Phi) is 25.3. The predicted molar refractivity (Wildman–Crippen MR) is 306 cm³/mol. The van der Waals surface area contributed by atoms with Crippen LogP contribution in [0.5, 0.6) is 5.75 Å². The third-order valence-corrected chi connectivity index (χ3v) is 20.4. The number of nitrogens with one attached hydrogen (secondary N) is 4. The van der Waals surface area contributed by atoms with Gasteiger partial charge < -0.3 is 50.0 Å². The van der Waals surface area contributed by atoms with Crippen molar-refractivity contribution >= 4 is 97.7 Å². The number of aliphatic carboxylic acids is 2. The number of halogens is 1. The first-order chi connectivity index (χ1) is 39.8. The van der Waals surface area contributed by atoms with Crippen LogP contribution >= 0.6 is 0 Å². The van der Waals surface area contributed by atoms with Gasteiger partial charge in [0.2, 0.25) is 17.7 Å². The summed E-state index contributed by atoms with van der Waals surface area (Å²) in [5, 5.41) is 41.8. The minimum absolute atomic E-state index is 0. The molecule has 1 aromatic heterocycles. The maximum Gasteiger partial charge on any atom is 0.369 e. The topological polar surface area (TPSA) is 338 Å². The molecule has 2 aromatic carbocycles. The Morgan fingerprint density at radius 1 is 0.847 bits per heavy atom. The molecule has 0 aliphatic carbocycles. The van der Waals surface area contributed by atoms with Crippen molar-refractivity contribution < 1.29 is 72.0 Å². The fourth-order valence-corrected chi connectivity index (χ4v) is 15.4. The van der Waals surface area contributed by atoms with Crippen LogP contribution in [0.15, 0.2) is 48.8 Å². The number of rotatable bonds is 21. The molecule has 0 saturated carbocycles. The van der Waals surface area contributed by atoms with E-state index in [0.717, 1.165) is 0 Å². The number of carbonyl (C=O) groups excluding carboxylic acids is 8. The smallest absolute Gasteiger partial charge is 0.369 e. The molecule has 4 aliphatic rings. The van der Waals surface area contributed by atoms with E-state index < -0.39 is 104 Å². The van der Waals surface area contributed by atoms with Gasteiger partial charge in [-0.3, -0.25) is 48.4 Å². The van der Waals surface area contributed by atoms with Crippen LogP contribution in [0.4, 0.5) is 4.11 Å². The molecular weight excluding hydrogens is 1180 g/mol. The summed E-state index contributed by atoms with van der Waals surface area (Å²) in [6.45, 7) is 10.7. The number of nitriles is 1. The zero-order valence-corrected chi connectivity index (χ0v) is 52.4. The van der Waals surface area contributed by atoms with Crippen molar-refractivity contribution in [2.24, 2.45) is 0 Å². The Bertz CT molecular complexity index is 2880. The number of amides is 5. The summed E-state index contributed by atoms with van der Waals surface area (Å²) in [6, 6.07) is 9.96. The maximum absolute atomic E-state index is 17.1. The molecule has 5 N–H and O–H groups in total. The molecule has 29 heteroatoms. The second-order valence-electron chi connectivity index (χ2n) is 23.1. The van der Waals surface area contributed by atoms with Crippen molar-refractivity contribution in [3.63, 3.8) is 0 Å².